The molecule has 0 bridgehead atoms. The van der Waals surface area contributed by atoms with Crippen molar-refractivity contribution >= 4 is 11.5 Å². The minimum atomic E-state index is -0.378. The first-order valence-corrected chi connectivity index (χ1v) is 9.86. The van der Waals surface area contributed by atoms with Gasteiger partial charge >= 0.3 is 0 Å². The summed E-state index contributed by atoms with van der Waals surface area (Å²) >= 11 is 0. The van der Waals surface area contributed by atoms with Gasteiger partial charge in [0.05, 0.1) is 5.69 Å². The van der Waals surface area contributed by atoms with Crippen molar-refractivity contribution in [3.05, 3.63) is 113 Å². The average molecular weight is 416 g/mol. The number of nitrogens with one attached hydrogen (secondary N) is 1. The maximum Gasteiger partial charge on any atom is 0.206 e. The second kappa shape index (κ2) is 9.21. The standard InChI is InChI=1S/C24H21FN4O2/c25-20-8-4-7-18(11-20)14-29-15-19(10-9-17-5-2-1-3-6-17)12-21(29)22(30)13-23(31)24-26-16-27-28-24/h1-8,11-13,15-16,31H,9-10,14H2,(H,26,27,28). The molecule has 0 radical (unpaired) electrons. The molecular formula is C24H21FN4O2. The van der Waals surface area contributed by atoms with Crippen LogP contribution in [0.1, 0.15) is 33.0 Å². The van der Waals surface area contributed by atoms with Crippen molar-refractivity contribution in [1.29, 1.82) is 0 Å². The van der Waals surface area contributed by atoms with E-state index in [9.17, 15) is 14.3 Å². The SMILES string of the molecule is O=C(C=C(O)c1ncn[nH]1)c1cc(CCc2ccccc2)cn1Cc1cccc(F)c1. The number of carbonyl (C=O) groups is 1. The van der Waals surface area contributed by atoms with Gasteiger partial charge in [0.2, 0.25) is 5.78 Å². The van der Waals surface area contributed by atoms with Crippen molar-refractivity contribution in [1.82, 2.24) is 19.7 Å². The molecule has 0 amide bonds. The Labute approximate surface area is 178 Å². The van der Waals surface area contributed by atoms with Gasteiger partial charge in [0.15, 0.2) is 11.6 Å². The van der Waals surface area contributed by atoms with Crippen LogP contribution in [0.5, 0.6) is 0 Å². The van der Waals surface area contributed by atoms with Gasteiger partial charge in [0.1, 0.15) is 12.1 Å². The lowest BCUT2D eigenvalue weighted by Gasteiger charge is -2.08. The Kier molecular flexibility index (Phi) is 6.03. The third kappa shape index (κ3) is 5.14. The number of aryl methyl sites for hydroxylation is 2. The number of carbonyl (C=O) groups excluding carboxylic acids is 1. The Hall–Kier alpha value is -4.00. The molecule has 0 saturated carbocycles. The molecule has 2 heterocycles. The second-order valence-electron chi connectivity index (χ2n) is 7.20. The summed E-state index contributed by atoms with van der Waals surface area (Å²) < 4.78 is 15.4. The number of aliphatic hydroxyl groups is 1. The highest BCUT2D eigenvalue weighted by molar-refractivity contribution is 6.06. The van der Waals surface area contributed by atoms with Crippen LogP contribution in [0.25, 0.3) is 5.76 Å². The van der Waals surface area contributed by atoms with Crippen LogP contribution in [-0.4, -0.2) is 30.6 Å². The molecule has 0 unspecified atom stereocenters. The van der Waals surface area contributed by atoms with Gasteiger partial charge in [-0.2, -0.15) is 5.10 Å². The zero-order chi connectivity index (χ0) is 21.6. The van der Waals surface area contributed by atoms with Gasteiger partial charge < -0.3 is 9.67 Å². The molecule has 7 heteroatoms. The number of rotatable bonds is 8. The fraction of sp³-hybridized carbons (Fsp3) is 0.125. The number of benzene rings is 2. The van der Waals surface area contributed by atoms with E-state index >= 15 is 0 Å². The normalized spacial score (nSPS) is 11.6. The van der Waals surface area contributed by atoms with Gasteiger partial charge in [0.25, 0.3) is 0 Å². The van der Waals surface area contributed by atoms with E-state index in [1.165, 1.54) is 24.0 Å². The van der Waals surface area contributed by atoms with E-state index in [1.807, 2.05) is 36.5 Å². The minimum Gasteiger partial charge on any atom is -0.504 e. The highest BCUT2D eigenvalue weighted by Crippen LogP contribution is 2.17. The number of halogens is 1. The molecule has 2 aromatic carbocycles. The summed E-state index contributed by atoms with van der Waals surface area (Å²) in [6, 6.07) is 18.2. The van der Waals surface area contributed by atoms with Crippen molar-refractivity contribution in [2.75, 3.05) is 0 Å². The molecule has 0 aliphatic heterocycles. The highest BCUT2D eigenvalue weighted by atomic mass is 19.1. The first-order chi connectivity index (χ1) is 15.1. The van der Waals surface area contributed by atoms with E-state index in [-0.39, 0.29) is 23.2 Å². The van der Waals surface area contributed by atoms with Crippen LogP contribution >= 0.6 is 0 Å². The number of hydrogen-bond donors (Lipinski definition) is 2. The van der Waals surface area contributed by atoms with Crippen LogP contribution in [-0.2, 0) is 19.4 Å². The Morgan fingerprint density at radius 1 is 1.03 bits per heavy atom. The molecule has 0 saturated heterocycles. The smallest absolute Gasteiger partial charge is 0.206 e. The van der Waals surface area contributed by atoms with Gasteiger partial charge in [-0.15, -0.1) is 0 Å². The Morgan fingerprint density at radius 2 is 1.81 bits per heavy atom. The van der Waals surface area contributed by atoms with Crippen LogP contribution in [0.2, 0.25) is 0 Å². The summed E-state index contributed by atoms with van der Waals surface area (Å²) in [5, 5.41) is 16.4. The lowest BCUT2D eigenvalue weighted by Crippen LogP contribution is -2.08. The van der Waals surface area contributed by atoms with Crippen molar-refractivity contribution in [2.24, 2.45) is 0 Å². The summed E-state index contributed by atoms with van der Waals surface area (Å²) in [4.78, 5) is 16.8. The number of aliphatic hydroxyl groups excluding tert-OH is 1. The topological polar surface area (TPSA) is 83.8 Å². The van der Waals surface area contributed by atoms with Crippen molar-refractivity contribution in [3.63, 3.8) is 0 Å². The fourth-order valence-corrected chi connectivity index (χ4v) is 3.41. The zero-order valence-corrected chi connectivity index (χ0v) is 16.7. The second-order valence-corrected chi connectivity index (χ2v) is 7.20. The highest BCUT2D eigenvalue weighted by Gasteiger charge is 2.15. The number of nitrogens with zero attached hydrogens (tertiary/aromatic N) is 3. The van der Waals surface area contributed by atoms with Crippen molar-refractivity contribution in [3.8, 4) is 0 Å². The summed E-state index contributed by atoms with van der Waals surface area (Å²) in [5.74, 6) is -0.895. The van der Waals surface area contributed by atoms with E-state index in [0.717, 1.165) is 30.0 Å². The molecule has 2 aromatic heterocycles. The monoisotopic (exact) mass is 416 g/mol. The lowest BCUT2D eigenvalue weighted by atomic mass is 10.1. The molecule has 0 spiro atoms. The molecule has 4 rings (SSSR count). The molecular weight excluding hydrogens is 395 g/mol. The number of aromatic amines is 1. The van der Waals surface area contributed by atoms with Gasteiger partial charge in [-0.25, -0.2) is 9.37 Å². The van der Waals surface area contributed by atoms with Gasteiger partial charge in [-0.3, -0.25) is 9.89 Å². The van der Waals surface area contributed by atoms with Crippen LogP contribution in [0.15, 0.2) is 79.3 Å². The van der Waals surface area contributed by atoms with E-state index < -0.39 is 0 Å². The van der Waals surface area contributed by atoms with Crippen molar-refractivity contribution in [2.45, 2.75) is 19.4 Å². The zero-order valence-electron chi connectivity index (χ0n) is 16.7. The quantitative estimate of drug-likeness (QED) is 0.254. The summed E-state index contributed by atoms with van der Waals surface area (Å²) in [6.45, 7) is 0.334. The Morgan fingerprint density at radius 3 is 2.55 bits per heavy atom. The average Bonchev–Trinajstić information content (AvgIpc) is 3.43. The molecule has 0 aliphatic rings. The first kappa shape index (κ1) is 20.3. The van der Waals surface area contributed by atoms with Gasteiger partial charge in [-0.05, 0) is 47.7 Å². The number of hydrogen-bond acceptors (Lipinski definition) is 4. The molecule has 4 aromatic rings. The van der Waals surface area contributed by atoms with Crippen LogP contribution in [0, 0.1) is 5.82 Å². The minimum absolute atomic E-state index is 0.112. The number of aromatic nitrogens is 4. The van der Waals surface area contributed by atoms with E-state index in [0.29, 0.717) is 12.2 Å². The molecule has 2 N–H and O–H groups in total. The first-order valence-electron chi connectivity index (χ1n) is 9.86. The molecule has 0 aliphatic carbocycles. The molecule has 6 nitrogen and oxygen atoms in total. The summed E-state index contributed by atoms with van der Waals surface area (Å²) in [7, 11) is 0. The molecule has 0 fully saturated rings. The Bertz CT molecular complexity index is 1200. The van der Waals surface area contributed by atoms with E-state index in [1.54, 1.807) is 10.6 Å². The fourth-order valence-electron chi connectivity index (χ4n) is 3.41. The maximum absolute atomic E-state index is 13.6. The third-order valence-electron chi connectivity index (χ3n) is 4.92. The number of allylic oxidation sites excluding steroid dienone is 1. The number of H-pyrrole nitrogens is 1. The number of ketones is 1. The van der Waals surface area contributed by atoms with Crippen molar-refractivity contribution < 1.29 is 14.3 Å². The van der Waals surface area contributed by atoms with E-state index in [2.05, 4.69) is 27.3 Å². The maximum atomic E-state index is 13.6. The molecule has 31 heavy (non-hydrogen) atoms. The van der Waals surface area contributed by atoms with Gasteiger partial charge in [-0.1, -0.05) is 42.5 Å². The predicted octanol–water partition coefficient (Wildman–Crippen LogP) is 4.36. The predicted molar refractivity (Wildman–Crippen MR) is 115 cm³/mol. The summed E-state index contributed by atoms with van der Waals surface area (Å²) in [6.07, 6.45) is 5.84. The third-order valence-corrected chi connectivity index (χ3v) is 4.92. The summed E-state index contributed by atoms with van der Waals surface area (Å²) in [5.41, 5.74) is 3.33. The van der Waals surface area contributed by atoms with Crippen LogP contribution in [0.3, 0.4) is 0 Å². The van der Waals surface area contributed by atoms with Crippen LogP contribution in [0.4, 0.5) is 4.39 Å². The lowest BCUT2D eigenvalue weighted by molar-refractivity contribution is 0.103. The Balaban J connectivity index is 1.61. The van der Waals surface area contributed by atoms with Crippen LogP contribution < -0.4 is 0 Å². The van der Waals surface area contributed by atoms with E-state index in [4.69, 9.17) is 0 Å². The van der Waals surface area contributed by atoms with Gasteiger partial charge in [0, 0.05) is 18.8 Å². The molecule has 0 atom stereocenters. The largest absolute Gasteiger partial charge is 0.504 e. The molecule has 156 valence electrons.